The molecular formula is C7H7ClFNO. The summed E-state index contributed by atoms with van der Waals surface area (Å²) < 4.78 is 17.4. The molecule has 0 saturated carbocycles. The van der Waals surface area contributed by atoms with Crippen LogP contribution in [0.4, 0.5) is 4.39 Å². The first-order valence-corrected chi connectivity index (χ1v) is 3.40. The fourth-order valence-corrected chi connectivity index (χ4v) is 0.810. The molecule has 0 atom stereocenters. The molecule has 0 aliphatic carbocycles. The molecule has 11 heavy (non-hydrogen) atoms. The van der Waals surface area contributed by atoms with Crippen molar-refractivity contribution in [1.29, 1.82) is 0 Å². The number of methoxy groups -OCH3 is 1. The summed E-state index contributed by atoms with van der Waals surface area (Å²) in [6, 6.07) is 1.30. The number of aromatic nitrogens is 1. The zero-order valence-corrected chi connectivity index (χ0v) is 6.73. The summed E-state index contributed by atoms with van der Waals surface area (Å²) in [5, 5.41) is -0.107. The molecule has 1 aromatic heterocycles. The fraction of sp³-hybridized carbons (Fsp3) is 0.286. The molecule has 0 aliphatic heterocycles. The molecule has 0 unspecified atom stereocenters. The zero-order chi connectivity index (χ0) is 8.27. The average Bonchev–Trinajstić information content (AvgIpc) is 1.98. The van der Waals surface area contributed by atoms with Crippen LogP contribution in [0.5, 0.6) is 0 Å². The monoisotopic (exact) mass is 175 g/mol. The molecule has 2 nitrogen and oxygen atoms in total. The van der Waals surface area contributed by atoms with Crippen molar-refractivity contribution in [3.05, 3.63) is 28.8 Å². The van der Waals surface area contributed by atoms with Crippen LogP contribution in [0.3, 0.4) is 0 Å². The average molecular weight is 176 g/mol. The highest BCUT2D eigenvalue weighted by Gasteiger charge is 2.00. The summed E-state index contributed by atoms with van der Waals surface area (Å²) in [6.07, 6.45) is 1.48. The SMILES string of the molecule is COCc1cnc(Cl)c(F)c1. The van der Waals surface area contributed by atoms with Crippen molar-refractivity contribution in [2.75, 3.05) is 7.11 Å². The topological polar surface area (TPSA) is 22.1 Å². The van der Waals surface area contributed by atoms with Crippen LogP contribution in [0.15, 0.2) is 12.3 Å². The molecule has 60 valence electrons. The van der Waals surface area contributed by atoms with E-state index in [1.54, 1.807) is 0 Å². The van der Waals surface area contributed by atoms with Crippen molar-refractivity contribution < 1.29 is 9.13 Å². The predicted molar refractivity (Wildman–Crippen MR) is 39.9 cm³/mol. The quantitative estimate of drug-likeness (QED) is 0.642. The molecule has 0 bridgehead atoms. The Hall–Kier alpha value is -0.670. The van der Waals surface area contributed by atoms with Gasteiger partial charge in [-0.3, -0.25) is 0 Å². The Morgan fingerprint density at radius 3 is 3.00 bits per heavy atom. The predicted octanol–water partition coefficient (Wildman–Crippen LogP) is 2.02. The second kappa shape index (κ2) is 3.64. The Morgan fingerprint density at radius 1 is 1.73 bits per heavy atom. The second-order valence-corrected chi connectivity index (χ2v) is 2.41. The smallest absolute Gasteiger partial charge is 0.164 e. The number of hydrogen-bond donors (Lipinski definition) is 0. The van der Waals surface area contributed by atoms with Crippen LogP contribution in [0.1, 0.15) is 5.56 Å². The van der Waals surface area contributed by atoms with Gasteiger partial charge in [-0.1, -0.05) is 11.6 Å². The van der Waals surface area contributed by atoms with Gasteiger partial charge in [0.15, 0.2) is 11.0 Å². The van der Waals surface area contributed by atoms with Gasteiger partial charge < -0.3 is 4.74 Å². The molecule has 1 aromatic rings. The molecule has 0 aliphatic rings. The van der Waals surface area contributed by atoms with Crippen LogP contribution in [0.2, 0.25) is 5.15 Å². The van der Waals surface area contributed by atoms with Crippen molar-refractivity contribution in [1.82, 2.24) is 4.98 Å². The van der Waals surface area contributed by atoms with Gasteiger partial charge in [-0.25, -0.2) is 9.37 Å². The van der Waals surface area contributed by atoms with Crippen LogP contribution in [0, 0.1) is 5.82 Å². The molecule has 0 aromatic carbocycles. The Labute approximate surface area is 69.0 Å². The lowest BCUT2D eigenvalue weighted by atomic mass is 10.3. The van der Waals surface area contributed by atoms with Crippen LogP contribution in [-0.2, 0) is 11.3 Å². The maximum absolute atomic E-state index is 12.7. The van der Waals surface area contributed by atoms with Crippen LogP contribution in [0.25, 0.3) is 0 Å². The zero-order valence-electron chi connectivity index (χ0n) is 5.97. The van der Waals surface area contributed by atoms with Crippen LogP contribution >= 0.6 is 11.6 Å². The lowest BCUT2D eigenvalue weighted by molar-refractivity contribution is 0.184. The summed E-state index contributed by atoms with van der Waals surface area (Å²) in [4.78, 5) is 3.61. The fourth-order valence-electron chi connectivity index (χ4n) is 0.706. The van der Waals surface area contributed by atoms with E-state index in [9.17, 15) is 4.39 Å². The Bertz CT molecular complexity index is 254. The van der Waals surface area contributed by atoms with Gasteiger partial charge in [0.1, 0.15) is 0 Å². The first-order chi connectivity index (χ1) is 5.24. The molecule has 0 N–H and O–H groups in total. The summed E-state index contributed by atoms with van der Waals surface area (Å²) in [7, 11) is 1.53. The third-order valence-electron chi connectivity index (χ3n) is 1.16. The molecule has 0 saturated heterocycles. The van der Waals surface area contributed by atoms with Gasteiger partial charge >= 0.3 is 0 Å². The number of nitrogens with zero attached hydrogens (tertiary/aromatic N) is 1. The van der Waals surface area contributed by atoms with Gasteiger partial charge in [-0.15, -0.1) is 0 Å². The third kappa shape index (κ3) is 2.13. The van der Waals surface area contributed by atoms with Crippen molar-refractivity contribution in [2.45, 2.75) is 6.61 Å². The minimum absolute atomic E-state index is 0.107. The largest absolute Gasteiger partial charge is 0.380 e. The lowest BCUT2D eigenvalue weighted by Crippen LogP contribution is -1.91. The maximum atomic E-state index is 12.7. The molecule has 0 fully saturated rings. The van der Waals surface area contributed by atoms with Gasteiger partial charge in [0.2, 0.25) is 0 Å². The van der Waals surface area contributed by atoms with Gasteiger partial charge in [-0.2, -0.15) is 0 Å². The normalized spacial score (nSPS) is 10.1. The molecule has 1 rings (SSSR count). The van der Waals surface area contributed by atoms with E-state index in [-0.39, 0.29) is 5.15 Å². The molecule has 0 amide bonds. The standard InChI is InChI=1S/C7H7ClFNO/c1-11-4-5-2-6(9)7(8)10-3-5/h2-3H,4H2,1H3. The number of halogens is 2. The number of ether oxygens (including phenoxy) is 1. The van der Waals surface area contributed by atoms with Crippen LogP contribution in [-0.4, -0.2) is 12.1 Å². The highest BCUT2D eigenvalue weighted by atomic mass is 35.5. The second-order valence-electron chi connectivity index (χ2n) is 2.05. The Balaban J connectivity index is 2.86. The highest BCUT2D eigenvalue weighted by molar-refractivity contribution is 6.29. The van der Waals surface area contributed by atoms with E-state index < -0.39 is 5.82 Å². The Morgan fingerprint density at radius 2 is 2.45 bits per heavy atom. The lowest BCUT2D eigenvalue weighted by Gasteiger charge is -1.98. The van der Waals surface area contributed by atoms with E-state index in [4.69, 9.17) is 16.3 Å². The van der Waals surface area contributed by atoms with E-state index >= 15 is 0 Å². The number of hydrogen-bond acceptors (Lipinski definition) is 2. The summed E-state index contributed by atoms with van der Waals surface area (Å²) in [6.45, 7) is 0.348. The number of pyridine rings is 1. The van der Waals surface area contributed by atoms with Crippen LogP contribution < -0.4 is 0 Å². The minimum atomic E-state index is -0.513. The molecular weight excluding hydrogens is 169 g/mol. The molecule has 4 heteroatoms. The van der Waals surface area contributed by atoms with Gasteiger partial charge in [0.25, 0.3) is 0 Å². The van der Waals surface area contributed by atoms with Crippen molar-refractivity contribution in [3.8, 4) is 0 Å². The van der Waals surface area contributed by atoms with Gasteiger partial charge in [0, 0.05) is 13.3 Å². The van der Waals surface area contributed by atoms with E-state index in [2.05, 4.69) is 4.98 Å². The number of rotatable bonds is 2. The molecule has 0 radical (unpaired) electrons. The first-order valence-electron chi connectivity index (χ1n) is 3.03. The molecule has 0 spiro atoms. The maximum Gasteiger partial charge on any atom is 0.164 e. The highest BCUT2D eigenvalue weighted by Crippen LogP contribution is 2.11. The van der Waals surface area contributed by atoms with Gasteiger partial charge in [-0.05, 0) is 11.6 Å². The summed E-state index contributed by atoms with van der Waals surface area (Å²) >= 11 is 5.35. The Kier molecular flexibility index (Phi) is 2.79. The molecule has 1 heterocycles. The third-order valence-corrected chi connectivity index (χ3v) is 1.44. The van der Waals surface area contributed by atoms with E-state index in [1.165, 1.54) is 19.4 Å². The van der Waals surface area contributed by atoms with Crippen molar-refractivity contribution >= 4 is 11.6 Å². The van der Waals surface area contributed by atoms with Crippen molar-refractivity contribution in [3.63, 3.8) is 0 Å². The summed E-state index contributed by atoms with van der Waals surface area (Å²) in [5.41, 5.74) is 0.675. The van der Waals surface area contributed by atoms with Crippen molar-refractivity contribution in [2.24, 2.45) is 0 Å². The van der Waals surface area contributed by atoms with E-state index in [0.29, 0.717) is 12.2 Å². The van der Waals surface area contributed by atoms with E-state index in [1.807, 2.05) is 0 Å². The van der Waals surface area contributed by atoms with E-state index in [0.717, 1.165) is 0 Å². The minimum Gasteiger partial charge on any atom is -0.380 e. The van der Waals surface area contributed by atoms with Gasteiger partial charge in [0.05, 0.1) is 6.61 Å². The first kappa shape index (κ1) is 8.43. The summed E-state index contributed by atoms with van der Waals surface area (Å²) in [5.74, 6) is -0.513.